The Kier molecular flexibility index (Phi) is 5.69. The number of nitrogens with one attached hydrogen (secondary N) is 1. The molecule has 3 nitrogen and oxygen atoms in total. The molecule has 0 bridgehead atoms. The summed E-state index contributed by atoms with van der Waals surface area (Å²) in [6, 6.07) is 7.09. The average molecular weight is 355 g/mol. The maximum atomic E-state index is 10.2. The van der Waals surface area contributed by atoms with Gasteiger partial charge in [0.1, 0.15) is 0 Å². The first kappa shape index (κ1) is 16.8. The zero-order chi connectivity index (χ0) is 15.5. The summed E-state index contributed by atoms with van der Waals surface area (Å²) in [7, 11) is 0. The van der Waals surface area contributed by atoms with E-state index in [1.807, 2.05) is 6.92 Å². The molecule has 2 rings (SSSR count). The van der Waals surface area contributed by atoms with Gasteiger partial charge in [0, 0.05) is 30.1 Å². The van der Waals surface area contributed by atoms with E-state index in [1.165, 1.54) is 11.3 Å². The highest BCUT2D eigenvalue weighted by atomic mass is 79.9. The first-order valence-corrected chi connectivity index (χ1v) is 8.66. The molecule has 0 saturated carbocycles. The Morgan fingerprint density at radius 2 is 2.10 bits per heavy atom. The Morgan fingerprint density at radius 1 is 1.33 bits per heavy atom. The topological polar surface area (TPSA) is 35.5 Å². The Balaban J connectivity index is 2.06. The molecule has 1 fully saturated rings. The SMILES string of the molecule is CC(C)NCc1ccc(N2CCCC(C)(O)CC2)c(Br)c1. The first-order valence-electron chi connectivity index (χ1n) is 7.86. The molecule has 1 aromatic rings. The smallest absolute Gasteiger partial charge is 0.0637 e. The van der Waals surface area contributed by atoms with Crippen molar-refractivity contribution in [2.45, 2.75) is 58.2 Å². The lowest BCUT2D eigenvalue weighted by Crippen LogP contribution is -2.28. The normalized spacial score (nSPS) is 23.4. The summed E-state index contributed by atoms with van der Waals surface area (Å²) in [6.07, 6.45) is 2.75. The van der Waals surface area contributed by atoms with Crippen molar-refractivity contribution in [3.63, 3.8) is 0 Å². The summed E-state index contributed by atoms with van der Waals surface area (Å²) in [5.41, 5.74) is 2.02. The largest absolute Gasteiger partial charge is 0.390 e. The van der Waals surface area contributed by atoms with Gasteiger partial charge in [-0.3, -0.25) is 0 Å². The molecule has 1 saturated heterocycles. The van der Waals surface area contributed by atoms with Crippen LogP contribution in [-0.4, -0.2) is 29.8 Å². The zero-order valence-corrected chi connectivity index (χ0v) is 14.9. The van der Waals surface area contributed by atoms with Crippen LogP contribution in [0.4, 0.5) is 5.69 Å². The van der Waals surface area contributed by atoms with Gasteiger partial charge in [-0.25, -0.2) is 0 Å². The molecule has 1 aliphatic rings. The molecular weight excluding hydrogens is 328 g/mol. The van der Waals surface area contributed by atoms with Crippen molar-refractivity contribution in [2.75, 3.05) is 18.0 Å². The predicted molar refractivity (Wildman–Crippen MR) is 92.8 cm³/mol. The standard InChI is InChI=1S/C17H27BrN2O/c1-13(2)19-12-14-5-6-16(15(18)11-14)20-9-4-7-17(3,21)8-10-20/h5-6,11,13,19,21H,4,7-10,12H2,1-3H3. The van der Waals surface area contributed by atoms with Gasteiger partial charge in [0.05, 0.1) is 11.3 Å². The molecule has 1 aliphatic heterocycles. The van der Waals surface area contributed by atoms with E-state index < -0.39 is 5.60 Å². The quantitative estimate of drug-likeness (QED) is 0.865. The van der Waals surface area contributed by atoms with E-state index in [1.54, 1.807) is 0 Å². The van der Waals surface area contributed by atoms with Gasteiger partial charge in [0.15, 0.2) is 0 Å². The van der Waals surface area contributed by atoms with E-state index in [4.69, 9.17) is 0 Å². The van der Waals surface area contributed by atoms with Crippen LogP contribution in [0.5, 0.6) is 0 Å². The van der Waals surface area contributed by atoms with Crippen LogP contribution in [-0.2, 0) is 6.54 Å². The molecule has 0 aromatic heterocycles. The number of benzene rings is 1. The van der Waals surface area contributed by atoms with Crippen molar-refractivity contribution in [2.24, 2.45) is 0 Å². The molecular formula is C17H27BrN2O. The molecule has 0 amide bonds. The molecule has 21 heavy (non-hydrogen) atoms. The van der Waals surface area contributed by atoms with Crippen molar-refractivity contribution in [3.05, 3.63) is 28.2 Å². The molecule has 0 aliphatic carbocycles. The number of rotatable bonds is 4. The van der Waals surface area contributed by atoms with Gasteiger partial charge in [0.25, 0.3) is 0 Å². The summed E-state index contributed by atoms with van der Waals surface area (Å²) in [6.45, 7) is 9.09. The average Bonchev–Trinajstić information content (AvgIpc) is 2.58. The van der Waals surface area contributed by atoms with Crippen LogP contribution in [0, 0.1) is 0 Å². The number of hydrogen-bond acceptors (Lipinski definition) is 3. The van der Waals surface area contributed by atoms with E-state index in [0.717, 1.165) is 43.4 Å². The maximum Gasteiger partial charge on any atom is 0.0637 e. The van der Waals surface area contributed by atoms with Gasteiger partial charge in [0.2, 0.25) is 0 Å². The van der Waals surface area contributed by atoms with Crippen LogP contribution < -0.4 is 10.2 Å². The Bertz CT molecular complexity index is 474. The monoisotopic (exact) mass is 354 g/mol. The molecule has 1 heterocycles. The highest BCUT2D eigenvalue weighted by Crippen LogP contribution is 2.31. The molecule has 2 N–H and O–H groups in total. The van der Waals surface area contributed by atoms with Crippen molar-refractivity contribution in [1.29, 1.82) is 0 Å². The molecule has 1 unspecified atom stereocenters. The van der Waals surface area contributed by atoms with Crippen LogP contribution in [0.3, 0.4) is 0 Å². The molecule has 1 atom stereocenters. The lowest BCUT2D eigenvalue weighted by molar-refractivity contribution is 0.0481. The summed E-state index contributed by atoms with van der Waals surface area (Å²) in [4.78, 5) is 2.38. The minimum atomic E-state index is -0.512. The number of aliphatic hydroxyl groups is 1. The van der Waals surface area contributed by atoms with E-state index in [9.17, 15) is 5.11 Å². The summed E-state index contributed by atoms with van der Waals surface area (Å²) < 4.78 is 1.15. The fraction of sp³-hybridized carbons (Fsp3) is 0.647. The first-order chi connectivity index (χ1) is 9.87. The van der Waals surface area contributed by atoms with Gasteiger partial charge in [-0.05, 0) is 59.8 Å². The van der Waals surface area contributed by atoms with E-state index in [2.05, 4.69) is 58.2 Å². The minimum Gasteiger partial charge on any atom is -0.390 e. The highest BCUT2D eigenvalue weighted by molar-refractivity contribution is 9.10. The third-order valence-electron chi connectivity index (χ3n) is 4.13. The predicted octanol–water partition coefficient (Wildman–Crippen LogP) is 3.69. The fourth-order valence-corrected chi connectivity index (χ4v) is 3.42. The van der Waals surface area contributed by atoms with Gasteiger partial charge in [-0.2, -0.15) is 0 Å². The van der Waals surface area contributed by atoms with Crippen molar-refractivity contribution >= 4 is 21.6 Å². The van der Waals surface area contributed by atoms with Gasteiger partial charge >= 0.3 is 0 Å². The Labute approximate surface area is 136 Å². The molecule has 4 heteroatoms. The molecule has 0 radical (unpaired) electrons. The van der Waals surface area contributed by atoms with Crippen LogP contribution >= 0.6 is 15.9 Å². The number of halogens is 1. The van der Waals surface area contributed by atoms with E-state index in [0.29, 0.717) is 6.04 Å². The van der Waals surface area contributed by atoms with Gasteiger partial charge < -0.3 is 15.3 Å². The molecule has 0 spiro atoms. The fourth-order valence-electron chi connectivity index (χ4n) is 2.74. The zero-order valence-electron chi connectivity index (χ0n) is 13.3. The third-order valence-corrected chi connectivity index (χ3v) is 4.77. The van der Waals surface area contributed by atoms with Crippen molar-refractivity contribution < 1.29 is 5.11 Å². The van der Waals surface area contributed by atoms with Crippen LogP contribution in [0.15, 0.2) is 22.7 Å². The summed E-state index contributed by atoms with van der Waals surface area (Å²) in [5.74, 6) is 0. The van der Waals surface area contributed by atoms with Crippen LogP contribution in [0.1, 0.15) is 45.6 Å². The second kappa shape index (κ2) is 7.12. The van der Waals surface area contributed by atoms with E-state index >= 15 is 0 Å². The second-order valence-electron chi connectivity index (χ2n) is 6.66. The van der Waals surface area contributed by atoms with Crippen LogP contribution in [0.25, 0.3) is 0 Å². The van der Waals surface area contributed by atoms with Gasteiger partial charge in [-0.1, -0.05) is 19.9 Å². The molecule has 118 valence electrons. The lowest BCUT2D eigenvalue weighted by atomic mass is 9.98. The third kappa shape index (κ3) is 4.97. The number of anilines is 1. The summed E-state index contributed by atoms with van der Waals surface area (Å²) >= 11 is 3.71. The van der Waals surface area contributed by atoms with Crippen molar-refractivity contribution in [3.8, 4) is 0 Å². The number of nitrogens with zero attached hydrogens (tertiary/aromatic N) is 1. The Morgan fingerprint density at radius 3 is 2.76 bits per heavy atom. The Hall–Kier alpha value is -0.580. The molecule has 1 aromatic carbocycles. The maximum absolute atomic E-state index is 10.2. The van der Waals surface area contributed by atoms with Crippen LogP contribution in [0.2, 0.25) is 0 Å². The van der Waals surface area contributed by atoms with E-state index in [-0.39, 0.29) is 0 Å². The minimum absolute atomic E-state index is 0.497. The highest BCUT2D eigenvalue weighted by Gasteiger charge is 2.25. The summed E-state index contributed by atoms with van der Waals surface area (Å²) in [5, 5.41) is 13.6. The second-order valence-corrected chi connectivity index (χ2v) is 7.51. The van der Waals surface area contributed by atoms with Gasteiger partial charge in [-0.15, -0.1) is 0 Å². The lowest BCUT2D eigenvalue weighted by Gasteiger charge is -2.25. The van der Waals surface area contributed by atoms with Crippen molar-refractivity contribution in [1.82, 2.24) is 5.32 Å². The number of hydrogen-bond donors (Lipinski definition) is 2.